The molecule has 0 aromatic heterocycles. The van der Waals surface area contributed by atoms with Crippen LogP contribution in [0.15, 0.2) is 0 Å². The van der Waals surface area contributed by atoms with E-state index < -0.39 is 0 Å². The normalized spacial score (nSPS) is 25.7. The largest absolute Gasteiger partial charge is 0.352 e. The second kappa shape index (κ2) is 3.54. The van der Waals surface area contributed by atoms with E-state index in [4.69, 9.17) is 9.47 Å². The molecule has 0 amide bonds. The van der Waals surface area contributed by atoms with E-state index in [2.05, 4.69) is 0 Å². The molecule has 2 rings (SSSR count). The summed E-state index contributed by atoms with van der Waals surface area (Å²) in [6, 6.07) is 0. The van der Waals surface area contributed by atoms with Crippen LogP contribution in [0.1, 0.15) is 25.7 Å². The number of carbonyl (C=O) groups excluding carboxylic acids is 1. The van der Waals surface area contributed by atoms with E-state index in [1.807, 2.05) is 0 Å². The van der Waals surface area contributed by atoms with Crippen LogP contribution in [-0.4, -0.2) is 25.3 Å². The van der Waals surface area contributed by atoms with Gasteiger partial charge in [-0.3, -0.25) is 4.79 Å². The highest BCUT2D eigenvalue weighted by molar-refractivity contribution is 5.83. The highest BCUT2D eigenvalue weighted by atomic mass is 16.7. The number of Topliss-reactive ketones (excluding diaryl/α,β-unsaturated/α-hetero) is 1. The minimum Gasteiger partial charge on any atom is -0.352 e. The first-order valence-electron chi connectivity index (χ1n) is 4.62. The predicted molar refractivity (Wildman–Crippen MR) is 42.7 cm³/mol. The first-order chi connectivity index (χ1) is 5.86. The molecule has 2 fully saturated rings. The molecule has 1 saturated heterocycles. The zero-order chi connectivity index (χ0) is 8.39. The summed E-state index contributed by atoms with van der Waals surface area (Å²) in [5.74, 6) is 0.654. The molecule has 3 nitrogen and oxygen atoms in total. The highest BCUT2D eigenvalue weighted by Crippen LogP contribution is 2.31. The average molecular weight is 170 g/mol. The molecule has 0 bridgehead atoms. The second-order valence-electron chi connectivity index (χ2n) is 3.47. The van der Waals surface area contributed by atoms with Gasteiger partial charge in [-0.2, -0.15) is 0 Å². The molecule has 68 valence electrons. The van der Waals surface area contributed by atoms with Crippen LogP contribution < -0.4 is 0 Å². The van der Waals surface area contributed by atoms with Gasteiger partial charge >= 0.3 is 0 Å². The van der Waals surface area contributed by atoms with Crippen LogP contribution in [0.25, 0.3) is 0 Å². The Balaban J connectivity index is 1.73. The fraction of sp³-hybridized carbons (Fsp3) is 0.889. The zero-order valence-corrected chi connectivity index (χ0v) is 7.12. The average Bonchev–Trinajstić information content (AvgIpc) is 2.88. The van der Waals surface area contributed by atoms with Crippen LogP contribution in [0.4, 0.5) is 0 Å². The molecule has 3 heteroatoms. The number of rotatable bonds is 3. The first kappa shape index (κ1) is 8.20. The predicted octanol–water partition coefficient (Wildman–Crippen LogP) is 1.12. The SMILES string of the molecule is O=C(CC1OCCCO1)C1CC1. The van der Waals surface area contributed by atoms with Crippen molar-refractivity contribution in [3.8, 4) is 0 Å². The zero-order valence-electron chi connectivity index (χ0n) is 7.12. The van der Waals surface area contributed by atoms with Crippen LogP contribution in [0.2, 0.25) is 0 Å². The van der Waals surface area contributed by atoms with E-state index in [9.17, 15) is 4.79 Å². The van der Waals surface area contributed by atoms with E-state index in [0.29, 0.717) is 18.1 Å². The number of ketones is 1. The molecule has 1 aliphatic carbocycles. The van der Waals surface area contributed by atoms with Gasteiger partial charge in [0.25, 0.3) is 0 Å². The van der Waals surface area contributed by atoms with E-state index in [-0.39, 0.29) is 6.29 Å². The van der Waals surface area contributed by atoms with E-state index in [0.717, 1.165) is 32.5 Å². The molecule has 0 aromatic rings. The van der Waals surface area contributed by atoms with Crippen molar-refractivity contribution in [3.05, 3.63) is 0 Å². The van der Waals surface area contributed by atoms with Crippen LogP contribution in [0.3, 0.4) is 0 Å². The van der Waals surface area contributed by atoms with Crippen LogP contribution in [-0.2, 0) is 14.3 Å². The molecule has 0 N–H and O–H groups in total. The molecule has 12 heavy (non-hydrogen) atoms. The summed E-state index contributed by atoms with van der Waals surface area (Å²) in [7, 11) is 0. The van der Waals surface area contributed by atoms with Gasteiger partial charge < -0.3 is 9.47 Å². The molecule has 0 unspecified atom stereocenters. The Hall–Kier alpha value is -0.410. The summed E-state index contributed by atoms with van der Waals surface area (Å²) < 4.78 is 10.6. The first-order valence-corrected chi connectivity index (χ1v) is 4.62. The number of hydrogen-bond donors (Lipinski definition) is 0. The Morgan fingerprint density at radius 2 is 1.92 bits per heavy atom. The van der Waals surface area contributed by atoms with Gasteiger partial charge in [-0.1, -0.05) is 0 Å². The third kappa shape index (κ3) is 2.05. The third-order valence-corrected chi connectivity index (χ3v) is 2.30. The fourth-order valence-corrected chi connectivity index (χ4v) is 1.39. The molecule has 2 aliphatic rings. The summed E-state index contributed by atoms with van der Waals surface area (Å²) in [6.45, 7) is 1.48. The van der Waals surface area contributed by atoms with Gasteiger partial charge in [0.05, 0.1) is 19.6 Å². The molecule has 1 heterocycles. The maximum absolute atomic E-state index is 11.3. The summed E-state index contributed by atoms with van der Waals surface area (Å²) >= 11 is 0. The van der Waals surface area contributed by atoms with Crippen molar-refractivity contribution in [3.63, 3.8) is 0 Å². The van der Waals surface area contributed by atoms with Crippen LogP contribution in [0.5, 0.6) is 0 Å². The summed E-state index contributed by atoms with van der Waals surface area (Å²) in [6.07, 6.45) is 3.32. The standard InChI is InChI=1S/C9H14O3/c10-8(7-2-3-7)6-9-11-4-1-5-12-9/h7,9H,1-6H2. The van der Waals surface area contributed by atoms with Crippen molar-refractivity contribution >= 4 is 5.78 Å². The lowest BCUT2D eigenvalue weighted by Gasteiger charge is -2.22. The van der Waals surface area contributed by atoms with E-state index in [1.54, 1.807) is 0 Å². The summed E-state index contributed by atoms with van der Waals surface area (Å²) in [5.41, 5.74) is 0. The maximum Gasteiger partial charge on any atom is 0.164 e. The Kier molecular flexibility index (Phi) is 2.42. The molecule has 1 saturated carbocycles. The fourth-order valence-electron chi connectivity index (χ4n) is 1.39. The Morgan fingerprint density at radius 1 is 1.25 bits per heavy atom. The molecular formula is C9H14O3. The number of carbonyl (C=O) groups is 1. The third-order valence-electron chi connectivity index (χ3n) is 2.30. The lowest BCUT2D eigenvalue weighted by atomic mass is 10.2. The van der Waals surface area contributed by atoms with Crippen molar-refractivity contribution in [2.75, 3.05) is 13.2 Å². The van der Waals surface area contributed by atoms with Crippen molar-refractivity contribution in [2.24, 2.45) is 5.92 Å². The molecule has 1 aliphatic heterocycles. The van der Waals surface area contributed by atoms with Crippen LogP contribution in [0, 0.1) is 5.92 Å². The van der Waals surface area contributed by atoms with Gasteiger partial charge in [0, 0.05) is 5.92 Å². The van der Waals surface area contributed by atoms with Gasteiger partial charge in [0.2, 0.25) is 0 Å². The number of ether oxygens (including phenoxy) is 2. The van der Waals surface area contributed by atoms with Gasteiger partial charge in [-0.15, -0.1) is 0 Å². The summed E-state index contributed by atoms with van der Waals surface area (Å²) in [5, 5.41) is 0. The molecule has 0 radical (unpaired) electrons. The Morgan fingerprint density at radius 3 is 2.50 bits per heavy atom. The van der Waals surface area contributed by atoms with Gasteiger partial charge in [-0.05, 0) is 19.3 Å². The molecular weight excluding hydrogens is 156 g/mol. The number of hydrogen-bond acceptors (Lipinski definition) is 3. The molecule has 0 aromatic carbocycles. The highest BCUT2D eigenvalue weighted by Gasteiger charge is 2.31. The monoisotopic (exact) mass is 170 g/mol. The topological polar surface area (TPSA) is 35.5 Å². The van der Waals surface area contributed by atoms with Crippen molar-refractivity contribution in [1.82, 2.24) is 0 Å². The maximum atomic E-state index is 11.3. The molecule has 0 spiro atoms. The Bertz CT molecular complexity index is 169. The van der Waals surface area contributed by atoms with Crippen molar-refractivity contribution in [2.45, 2.75) is 32.0 Å². The van der Waals surface area contributed by atoms with E-state index in [1.165, 1.54) is 0 Å². The van der Waals surface area contributed by atoms with Crippen molar-refractivity contribution < 1.29 is 14.3 Å². The quantitative estimate of drug-likeness (QED) is 0.636. The minimum absolute atomic E-state index is 0.244. The Labute approximate surface area is 72.0 Å². The van der Waals surface area contributed by atoms with Crippen molar-refractivity contribution in [1.29, 1.82) is 0 Å². The summed E-state index contributed by atoms with van der Waals surface area (Å²) in [4.78, 5) is 11.3. The smallest absolute Gasteiger partial charge is 0.164 e. The van der Waals surface area contributed by atoms with Crippen LogP contribution >= 0.6 is 0 Å². The second-order valence-corrected chi connectivity index (χ2v) is 3.47. The minimum atomic E-state index is -0.244. The van der Waals surface area contributed by atoms with E-state index >= 15 is 0 Å². The van der Waals surface area contributed by atoms with Gasteiger partial charge in [0.15, 0.2) is 6.29 Å². The molecule has 0 atom stereocenters. The lowest BCUT2D eigenvalue weighted by molar-refractivity contribution is -0.183. The van der Waals surface area contributed by atoms with Gasteiger partial charge in [-0.25, -0.2) is 0 Å². The van der Waals surface area contributed by atoms with Gasteiger partial charge in [0.1, 0.15) is 5.78 Å². The lowest BCUT2D eigenvalue weighted by Crippen LogP contribution is -2.27.